The summed E-state index contributed by atoms with van der Waals surface area (Å²) in [5, 5.41) is 0. The van der Waals surface area contributed by atoms with Gasteiger partial charge in [0, 0.05) is 19.4 Å². The number of para-hydroxylation sites is 1. The monoisotopic (exact) mass is 192 g/mol. The summed E-state index contributed by atoms with van der Waals surface area (Å²) in [6, 6.07) is 8.25. The molecule has 76 valence electrons. The second-order valence-corrected chi connectivity index (χ2v) is 3.54. The van der Waals surface area contributed by atoms with Gasteiger partial charge in [-0.2, -0.15) is 0 Å². The molecule has 1 aromatic rings. The van der Waals surface area contributed by atoms with Crippen LogP contribution in [-0.2, 0) is 11.2 Å². The van der Waals surface area contributed by atoms with Crippen LogP contribution in [0.25, 0.3) is 0 Å². The Bertz CT molecular complexity index is 271. The van der Waals surface area contributed by atoms with E-state index in [-0.39, 0.29) is 0 Å². The highest BCUT2D eigenvalue weighted by Gasteiger charge is 2.21. The summed E-state index contributed by atoms with van der Waals surface area (Å²) in [6.07, 6.45) is 2.34. The average molecular weight is 192 g/mol. The minimum atomic E-state index is 0.318. The zero-order chi connectivity index (χ0) is 9.80. The molecule has 0 aromatic heterocycles. The molecule has 0 fully saturated rings. The van der Waals surface area contributed by atoms with E-state index in [2.05, 4.69) is 12.1 Å². The first-order valence-corrected chi connectivity index (χ1v) is 5.22. The molecular weight excluding hydrogens is 176 g/mol. The van der Waals surface area contributed by atoms with Gasteiger partial charge in [-0.25, -0.2) is 0 Å². The Kier molecular flexibility index (Phi) is 3.04. The topological polar surface area (TPSA) is 18.5 Å². The van der Waals surface area contributed by atoms with E-state index in [1.54, 1.807) is 0 Å². The highest BCUT2D eigenvalue weighted by molar-refractivity contribution is 5.37. The van der Waals surface area contributed by atoms with Crippen LogP contribution in [0.1, 0.15) is 18.9 Å². The smallest absolute Gasteiger partial charge is 0.123 e. The summed E-state index contributed by atoms with van der Waals surface area (Å²) in [4.78, 5) is 0. The predicted octanol–water partition coefficient (Wildman–Crippen LogP) is 2.42. The zero-order valence-electron chi connectivity index (χ0n) is 8.53. The summed E-state index contributed by atoms with van der Waals surface area (Å²) >= 11 is 0. The summed E-state index contributed by atoms with van der Waals surface area (Å²) < 4.78 is 11.1. The van der Waals surface area contributed by atoms with Crippen molar-refractivity contribution in [3.63, 3.8) is 0 Å². The van der Waals surface area contributed by atoms with Crippen molar-refractivity contribution in [3.05, 3.63) is 29.8 Å². The molecule has 0 amide bonds. The van der Waals surface area contributed by atoms with E-state index in [1.165, 1.54) is 5.56 Å². The summed E-state index contributed by atoms with van der Waals surface area (Å²) in [5.74, 6) is 1.05. The third-order valence-electron chi connectivity index (χ3n) is 2.50. The van der Waals surface area contributed by atoms with E-state index in [0.717, 1.165) is 31.8 Å². The molecule has 0 saturated heterocycles. The number of ether oxygens (including phenoxy) is 2. The predicted molar refractivity (Wildman–Crippen MR) is 55.7 cm³/mol. The Morgan fingerprint density at radius 2 is 2.29 bits per heavy atom. The number of rotatable bonds is 4. The molecule has 1 heterocycles. The van der Waals surface area contributed by atoms with E-state index in [9.17, 15) is 0 Å². The fourth-order valence-corrected chi connectivity index (χ4v) is 1.77. The van der Waals surface area contributed by atoms with Gasteiger partial charge in [0.15, 0.2) is 0 Å². The van der Waals surface area contributed by atoms with Gasteiger partial charge in [0.25, 0.3) is 0 Å². The maximum absolute atomic E-state index is 5.77. The molecule has 0 saturated carbocycles. The van der Waals surface area contributed by atoms with E-state index >= 15 is 0 Å². The van der Waals surface area contributed by atoms with Crippen LogP contribution in [-0.4, -0.2) is 19.3 Å². The fourth-order valence-electron chi connectivity index (χ4n) is 1.77. The quantitative estimate of drug-likeness (QED) is 0.682. The van der Waals surface area contributed by atoms with Gasteiger partial charge in [0.1, 0.15) is 11.9 Å². The van der Waals surface area contributed by atoms with Crippen LogP contribution in [0.4, 0.5) is 0 Å². The molecule has 2 nitrogen and oxygen atoms in total. The summed E-state index contributed by atoms with van der Waals surface area (Å²) in [5.41, 5.74) is 1.33. The highest BCUT2D eigenvalue weighted by atomic mass is 16.5. The van der Waals surface area contributed by atoms with Crippen LogP contribution < -0.4 is 4.74 Å². The van der Waals surface area contributed by atoms with Gasteiger partial charge < -0.3 is 9.47 Å². The van der Waals surface area contributed by atoms with Crippen LogP contribution in [0.5, 0.6) is 5.75 Å². The van der Waals surface area contributed by atoms with Gasteiger partial charge in [-0.15, -0.1) is 0 Å². The van der Waals surface area contributed by atoms with E-state index < -0.39 is 0 Å². The van der Waals surface area contributed by atoms with E-state index in [1.807, 2.05) is 19.1 Å². The van der Waals surface area contributed by atoms with Crippen LogP contribution >= 0.6 is 0 Å². The first-order chi connectivity index (χ1) is 6.90. The fraction of sp³-hybridized carbons (Fsp3) is 0.500. The Labute approximate surface area is 84.8 Å². The first kappa shape index (κ1) is 9.53. The van der Waals surface area contributed by atoms with Gasteiger partial charge in [0.05, 0.1) is 6.61 Å². The third-order valence-corrected chi connectivity index (χ3v) is 2.50. The van der Waals surface area contributed by atoms with E-state index in [0.29, 0.717) is 6.10 Å². The number of hydrogen-bond donors (Lipinski definition) is 0. The summed E-state index contributed by atoms with van der Waals surface area (Å²) in [7, 11) is 0. The Morgan fingerprint density at radius 3 is 3.07 bits per heavy atom. The Balaban J connectivity index is 1.86. The molecule has 2 heteroatoms. The molecular formula is C12H16O2. The van der Waals surface area contributed by atoms with Crippen LogP contribution in [0, 0.1) is 0 Å². The number of fused-ring (bicyclic) bond motifs is 1. The maximum Gasteiger partial charge on any atom is 0.123 e. The SMILES string of the molecule is CCOCCC1Cc2ccccc2O1. The summed E-state index contributed by atoms with van der Waals surface area (Å²) in [6.45, 7) is 3.61. The Morgan fingerprint density at radius 1 is 1.43 bits per heavy atom. The molecule has 0 spiro atoms. The minimum Gasteiger partial charge on any atom is -0.490 e. The van der Waals surface area contributed by atoms with Crippen LogP contribution in [0.3, 0.4) is 0 Å². The van der Waals surface area contributed by atoms with Crippen molar-refractivity contribution in [2.45, 2.75) is 25.9 Å². The van der Waals surface area contributed by atoms with Gasteiger partial charge in [0.2, 0.25) is 0 Å². The third kappa shape index (κ3) is 2.07. The van der Waals surface area contributed by atoms with Crippen molar-refractivity contribution in [2.75, 3.05) is 13.2 Å². The lowest BCUT2D eigenvalue weighted by molar-refractivity contribution is 0.108. The van der Waals surface area contributed by atoms with Crippen molar-refractivity contribution in [1.29, 1.82) is 0 Å². The number of hydrogen-bond acceptors (Lipinski definition) is 2. The molecule has 2 rings (SSSR count). The lowest BCUT2D eigenvalue weighted by atomic mass is 10.1. The number of benzene rings is 1. The zero-order valence-corrected chi connectivity index (χ0v) is 8.53. The van der Waals surface area contributed by atoms with Crippen LogP contribution in [0.2, 0.25) is 0 Å². The lowest BCUT2D eigenvalue weighted by Crippen LogP contribution is -2.15. The van der Waals surface area contributed by atoms with Crippen molar-refractivity contribution in [1.82, 2.24) is 0 Å². The molecule has 1 aliphatic heterocycles. The Hall–Kier alpha value is -1.02. The lowest BCUT2D eigenvalue weighted by Gasteiger charge is -2.09. The highest BCUT2D eigenvalue weighted by Crippen LogP contribution is 2.29. The van der Waals surface area contributed by atoms with E-state index in [4.69, 9.17) is 9.47 Å². The molecule has 0 aliphatic carbocycles. The average Bonchev–Trinajstić information content (AvgIpc) is 2.60. The van der Waals surface area contributed by atoms with Gasteiger partial charge in [-0.1, -0.05) is 18.2 Å². The van der Waals surface area contributed by atoms with Crippen molar-refractivity contribution < 1.29 is 9.47 Å². The molecule has 14 heavy (non-hydrogen) atoms. The van der Waals surface area contributed by atoms with Crippen LogP contribution in [0.15, 0.2) is 24.3 Å². The molecule has 0 N–H and O–H groups in total. The van der Waals surface area contributed by atoms with Gasteiger partial charge >= 0.3 is 0 Å². The van der Waals surface area contributed by atoms with Crippen molar-refractivity contribution in [2.24, 2.45) is 0 Å². The molecule has 0 radical (unpaired) electrons. The first-order valence-electron chi connectivity index (χ1n) is 5.22. The molecule has 1 unspecified atom stereocenters. The molecule has 1 atom stereocenters. The largest absolute Gasteiger partial charge is 0.490 e. The maximum atomic E-state index is 5.77. The normalized spacial score (nSPS) is 19.1. The van der Waals surface area contributed by atoms with Crippen molar-refractivity contribution in [3.8, 4) is 5.75 Å². The van der Waals surface area contributed by atoms with Gasteiger partial charge in [-0.3, -0.25) is 0 Å². The standard InChI is InChI=1S/C12H16O2/c1-2-13-8-7-11-9-10-5-3-4-6-12(10)14-11/h3-6,11H,2,7-9H2,1H3. The van der Waals surface area contributed by atoms with Crippen molar-refractivity contribution >= 4 is 0 Å². The molecule has 1 aliphatic rings. The second kappa shape index (κ2) is 4.47. The molecule has 1 aromatic carbocycles. The second-order valence-electron chi connectivity index (χ2n) is 3.54. The molecule has 0 bridgehead atoms. The minimum absolute atomic E-state index is 0.318. The van der Waals surface area contributed by atoms with Gasteiger partial charge in [-0.05, 0) is 18.6 Å².